The second kappa shape index (κ2) is 3.55. The normalized spacial score (nSPS) is 17.0. The molecule has 0 radical (unpaired) electrons. The minimum atomic E-state index is -0.948. The van der Waals surface area contributed by atoms with Crippen LogP contribution in [0, 0.1) is 6.92 Å². The fraction of sp³-hybridized carbons (Fsp3) is 0.385. The second-order valence-electron chi connectivity index (χ2n) is 4.89. The van der Waals surface area contributed by atoms with Gasteiger partial charge in [0.15, 0.2) is 0 Å². The molecule has 1 fully saturated rings. The van der Waals surface area contributed by atoms with Gasteiger partial charge in [-0.2, -0.15) is 0 Å². The van der Waals surface area contributed by atoms with Gasteiger partial charge in [-0.3, -0.25) is 0 Å². The van der Waals surface area contributed by atoms with Crippen molar-refractivity contribution < 1.29 is 15.0 Å². The maximum Gasteiger partial charge on any atom is 0.335 e. The van der Waals surface area contributed by atoms with Gasteiger partial charge in [-0.25, -0.2) is 9.78 Å². The Kier molecular flexibility index (Phi) is 2.22. The Morgan fingerprint density at radius 2 is 2.22 bits per heavy atom. The molecule has 1 aromatic carbocycles. The molecule has 94 valence electrons. The highest BCUT2D eigenvalue weighted by Gasteiger charge is 2.45. The molecule has 0 bridgehead atoms. The Labute approximate surface area is 104 Å². The summed E-state index contributed by atoms with van der Waals surface area (Å²) < 4.78 is 1.98. The largest absolute Gasteiger partial charge is 0.478 e. The summed E-state index contributed by atoms with van der Waals surface area (Å²) in [7, 11) is 0. The number of fused-ring (bicyclic) bond motifs is 1. The smallest absolute Gasteiger partial charge is 0.335 e. The maximum atomic E-state index is 11.0. The minimum Gasteiger partial charge on any atom is -0.478 e. The maximum absolute atomic E-state index is 11.0. The van der Waals surface area contributed by atoms with Crippen LogP contribution in [0.25, 0.3) is 11.0 Å². The molecule has 0 unspecified atom stereocenters. The lowest BCUT2D eigenvalue weighted by atomic mass is 10.2. The van der Waals surface area contributed by atoms with Crippen molar-refractivity contribution >= 4 is 17.0 Å². The Morgan fingerprint density at radius 3 is 2.78 bits per heavy atom. The summed E-state index contributed by atoms with van der Waals surface area (Å²) in [5.41, 5.74) is 1.55. The Bertz CT molecular complexity index is 641. The predicted octanol–water partition coefficient (Wildman–Crippen LogP) is 1.52. The predicted molar refractivity (Wildman–Crippen MR) is 65.7 cm³/mol. The molecule has 0 atom stereocenters. The number of imidazole rings is 1. The molecule has 1 heterocycles. The number of benzene rings is 1. The first-order chi connectivity index (χ1) is 8.57. The third kappa shape index (κ3) is 1.44. The van der Waals surface area contributed by atoms with E-state index in [4.69, 9.17) is 5.11 Å². The van der Waals surface area contributed by atoms with Gasteiger partial charge in [-0.1, -0.05) is 0 Å². The average molecular weight is 246 g/mol. The Hall–Kier alpha value is -1.88. The quantitative estimate of drug-likeness (QED) is 0.861. The molecule has 2 aromatic rings. The van der Waals surface area contributed by atoms with Crippen LogP contribution in [-0.4, -0.2) is 32.3 Å². The zero-order valence-electron chi connectivity index (χ0n) is 10.1. The van der Waals surface area contributed by atoms with Gasteiger partial charge >= 0.3 is 5.97 Å². The number of aliphatic hydroxyl groups is 1. The highest BCUT2D eigenvalue weighted by molar-refractivity contribution is 5.92. The number of aryl methyl sites for hydroxylation is 1. The topological polar surface area (TPSA) is 75.3 Å². The second-order valence-corrected chi connectivity index (χ2v) is 4.89. The molecule has 0 spiro atoms. The van der Waals surface area contributed by atoms with Gasteiger partial charge in [0.25, 0.3) is 0 Å². The molecule has 1 aliphatic rings. The van der Waals surface area contributed by atoms with Crippen LogP contribution >= 0.6 is 0 Å². The lowest BCUT2D eigenvalue weighted by Gasteiger charge is -2.17. The van der Waals surface area contributed by atoms with Crippen molar-refractivity contribution in [1.82, 2.24) is 9.55 Å². The van der Waals surface area contributed by atoms with Crippen LogP contribution in [0.3, 0.4) is 0 Å². The number of carbonyl (C=O) groups is 1. The summed E-state index contributed by atoms with van der Waals surface area (Å²) in [6, 6.07) is 4.91. The Balaban J connectivity index is 2.26. The lowest BCUT2D eigenvalue weighted by Crippen LogP contribution is -2.22. The van der Waals surface area contributed by atoms with E-state index in [-0.39, 0.29) is 17.7 Å². The first-order valence-electron chi connectivity index (χ1n) is 5.91. The summed E-state index contributed by atoms with van der Waals surface area (Å²) in [5, 5.41) is 18.6. The highest BCUT2D eigenvalue weighted by Crippen LogP contribution is 2.45. The highest BCUT2D eigenvalue weighted by atomic mass is 16.4. The lowest BCUT2D eigenvalue weighted by molar-refractivity contribution is 0.0697. The van der Waals surface area contributed by atoms with E-state index in [0.29, 0.717) is 0 Å². The monoisotopic (exact) mass is 246 g/mol. The molecule has 0 amide bonds. The van der Waals surface area contributed by atoms with Crippen molar-refractivity contribution in [1.29, 1.82) is 0 Å². The SMILES string of the molecule is Cc1nc2ccc(C(=O)O)cc2n1C1(CO)CC1. The number of nitrogens with zero attached hydrogens (tertiary/aromatic N) is 2. The molecule has 1 aliphatic carbocycles. The van der Waals surface area contributed by atoms with Crippen molar-refractivity contribution in [3.05, 3.63) is 29.6 Å². The zero-order valence-corrected chi connectivity index (χ0v) is 10.1. The number of aromatic carboxylic acids is 1. The first kappa shape index (κ1) is 11.2. The molecule has 0 aliphatic heterocycles. The summed E-state index contributed by atoms with van der Waals surface area (Å²) >= 11 is 0. The van der Waals surface area contributed by atoms with Gasteiger partial charge in [0.1, 0.15) is 5.82 Å². The molecule has 1 saturated carbocycles. The minimum absolute atomic E-state index is 0.0661. The van der Waals surface area contributed by atoms with Crippen molar-refractivity contribution in [3.63, 3.8) is 0 Å². The van der Waals surface area contributed by atoms with Gasteiger partial charge in [0, 0.05) is 0 Å². The van der Waals surface area contributed by atoms with E-state index in [0.717, 1.165) is 29.7 Å². The van der Waals surface area contributed by atoms with E-state index in [2.05, 4.69) is 4.98 Å². The molecule has 3 rings (SSSR count). The third-order valence-electron chi connectivity index (χ3n) is 3.66. The number of rotatable bonds is 3. The molecule has 1 aromatic heterocycles. The van der Waals surface area contributed by atoms with Crippen molar-refractivity contribution in [2.24, 2.45) is 0 Å². The molecule has 2 N–H and O–H groups in total. The number of carboxylic acids is 1. The van der Waals surface area contributed by atoms with Gasteiger partial charge in [0.05, 0.1) is 28.7 Å². The first-order valence-corrected chi connectivity index (χ1v) is 5.91. The number of carboxylic acid groups (broad SMARTS) is 1. The average Bonchev–Trinajstić information content (AvgIpc) is 3.05. The molecule has 5 nitrogen and oxygen atoms in total. The van der Waals surface area contributed by atoms with Crippen LogP contribution in [0.4, 0.5) is 0 Å². The van der Waals surface area contributed by atoms with Crippen LogP contribution in [0.15, 0.2) is 18.2 Å². The standard InChI is InChI=1S/C13H14N2O3/c1-8-14-10-3-2-9(12(17)18)6-11(10)15(8)13(7-16)4-5-13/h2-3,6,16H,4-5,7H2,1H3,(H,17,18). The molecular formula is C13H14N2O3. The van der Waals surface area contributed by atoms with Crippen LogP contribution in [-0.2, 0) is 5.54 Å². The van der Waals surface area contributed by atoms with Gasteiger partial charge < -0.3 is 14.8 Å². The van der Waals surface area contributed by atoms with E-state index in [1.807, 2.05) is 11.5 Å². The van der Waals surface area contributed by atoms with Crippen LogP contribution in [0.1, 0.15) is 29.0 Å². The van der Waals surface area contributed by atoms with E-state index in [1.54, 1.807) is 18.2 Å². The van der Waals surface area contributed by atoms with Gasteiger partial charge in [-0.05, 0) is 38.0 Å². The Morgan fingerprint density at radius 1 is 1.50 bits per heavy atom. The number of aliphatic hydroxyl groups excluding tert-OH is 1. The summed E-state index contributed by atoms with van der Waals surface area (Å²) in [6.07, 6.45) is 1.82. The van der Waals surface area contributed by atoms with Gasteiger partial charge in [-0.15, -0.1) is 0 Å². The van der Waals surface area contributed by atoms with Crippen LogP contribution in [0.5, 0.6) is 0 Å². The van der Waals surface area contributed by atoms with E-state index in [9.17, 15) is 9.90 Å². The zero-order chi connectivity index (χ0) is 12.9. The molecule has 18 heavy (non-hydrogen) atoms. The van der Waals surface area contributed by atoms with Crippen LogP contribution < -0.4 is 0 Å². The van der Waals surface area contributed by atoms with Crippen molar-refractivity contribution in [2.75, 3.05) is 6.61 Å². The number of hydrogen-bond donors (Lipinski definition) is 2. The van der Waals surface area contributed by atoms with Crippen LogP contribution in [0.2, 0.25) is 0 Å². The fourth-order valence-corrected chi connectivity index (χ4v) is 2.52. The molecular weight excluding hydrogens is 232 g/mol. The van der Waals surface area contributed by atoms with Gasteiger partial charge in [0.2, 0.25) is 0 Å². The number of aromatic nitrogens is 2. The summed E-state index contributed by atoms with van der Waals surface area (Å²) in [6.45, 7) is 1.95. The molecule has 0 saturated heterocycles. The van der Waals surface area contributed by atoms with E-state index >= 15 is 0 Å². The third-order valence-corrected chi connectivity index (χ3v) is 3.66. The number of hydrogen-bond acceptors (Lipinski definition) is 3. The van der Waals surface area contributed by atoms with E-state index < -0.39 is 5.97 Å². The summed E-state index contributed by atoms with van der Waals surface area (Å²) in [4.78, 5) is 15.4. The van der Waals surface area contributed by atoms with Crippen molar-refractivity contribution in [2.45, 2.75) is 25.3 Å². The summed E-state index contributed by atoms with van der Waals surface area (Å²) in [5.74, 6) is -0.129. The van der Waals surface area contributed by atoms with Crippen molar-refractivity contribution in [3.8, 4) is 0 Å². The van der Waals surface area contributed by atoms with E-state index in [1.165, 1.54) is 0 Å². The fourth-order valence-electron chi connectivity index (χ4n) is 2.52. The molecule has 5 heteroatoms.